The molecule has 0 saturated carbocycles. The van der Waals surface area contributed by atoms with Crippen LogP contribution in [0.5, 0.6) is 0 Å². The largest absolute Gasteiger partial charge is 0.395 e. The van der Waals surface area contributed by atoms with Crippen LogP contribution in [0.2, 0.25) is 0 Å². The fourth-order valence-electron chi connectivity index (χ4n) is 1.04. The van der Waals surface area contributed by atoms with Gasteiger partial charge in [0.05, 0.1) is 19.3 Å². The molecule has 1 rings (SSSR count). The summed E-state index contributed by atoms with van der Waals surface area (Å²) in [6.45, 7) is 4.06. The van der Waals surface area contributed by atoms with E-state index in [-0.39, 0.29) is 18.8 Å². The molecule has 1 aliphatic heterocycles. The Morgan fingerprint density at radius 1 is 1.73 bits per heavy atom. The van der Waals surface area contributed by atoms with Crippen molar-refractivity contribution in [3.05, 3.63) is 0 Å². The SMILES string of the molecule is CC1(C)OC[C@@H](C(N)CO)O1. The maximum Gasteiger partial charge on any atom is 0.163 e. The minimum absolute atomic E-state index is 0.0654. The average molecular weight is 161 g/mol. The molecule has 0 radical (unpaired) electrons. The second kappa shape index (κ2) is 3.06. The molecule has 1 fully saturated rings. The van der Waals surface area contributed by atoms with Crippen LogP contribution in [0.1, 0.15) is 13.8 Å². The summed E-state index contributed by atoms with van der Waals surface area (Å²) in [6, 6.07) is -0.336. The van der Waals surface area contributed by atoms with Gasteiger partial charge in [0, 0.05) is 0 Å². The summed E-state index contributed by atoms with van der Waals surface area (Å²) in [7, 11) is 0. The second-order valence-electron chi connectivity index (χ2n) is 3.21. The summed E-state index contributed by atoms with van der Waals surface area (Å²) in [5.41, 5.74) is 5.54. The number of rotatable bonds is 2. The summed E-state index contributed by atoms with van der Waals surface area (Å²) >= 11 is 0. The fourth-order valence-corrected chi connectivity index (χ4v) is 1.04. The van der Waals surface area contributed by atoms with Gasteiger partial charge in [-0.15, -0.1) is 0 Å². The van der Waals surface area contributed by atoms with Crippen LogP contribution in [0.25, 0.3) is 0 Å². The smallest absolute Gasteiger partial charge is 0.163 e. The lowest BCUT2D eigenvalue weighted by atomic mass is 10.2. The Hall–Kier alpha value is -0.160. The van der Waals surface area contributed by atoms with Crippen LogP contribution in [-0.2, 0) is 9.47 Å². The number of aliphatic hydroxyl groups is 1. The molecule has 11 heavy (non-hydrogen) atoms. The van der Waals surface area contributed by atoms with Crippen LogP contribution >= 0.6 is 0 Å². The van der Waals surface area contributed by atoms with Crippen molar-refractivity contribution in [2.24, 2.45) is 5.73 Å². The minimum atomic E-state index is -0.544. The molecule has 0 aromatic carbocycles. The summed E-state index contributed by atoms with van der Waals surface area (Å²) in [5.74, 6) is -0.544. The quantitative estimate of drug-likeness (QED) is 0.570. The molecular weight excluding hydrogens is 146 g/mol. The molecule has 0 aromatic heterocycles. The Morgan fingerprint density at radius 2 is 2.36 bits per heavy atom. The van der Waals surface area contributed by atoms with E-state index in [0.717, 1.165) is 0 Å². The van der Waals surface area contributed by atoms with Gasteiger partial charge in [-0.2, -0.15) is 0 Å². The number of aliphatic hydroxyl groups excluding tert-OH is 1. The van der Waals surface area contributed by atoms with E-state index in [9.17, 15) is 0 Å². The van der Waals surface area contributed by atoms with Crippen LogP contribution < -0.4 is 5.73 Å². The molecule has 0 amide bonds. The average Bonchev–Trinajstić information content (AvgIpc) is 2.29. The Bertz CT molecular complexity index is 138. The maximum atomic E-state index is 8.70. The van der Waals surface area contributed by atoms with Crippen molar-refractivity contribution >= 4 is 0 Å². The van der Waals surface area contributed by atoms with Crippen molar-refractivity contribution in [2.45, 2.75) is 31.8 Å². The van der Waals surface area contributed by atoms with Crippen molar-refractivity contribution < 1.29 is 14.6 Å². The molecule has 4 heteroatoms. The first-order valence-electron chi connectivity index (χ1n) is 3.73. The van der Waals surface area contributed by atoms with Gasteiger partial charge in [0.25, 0.3) is 0 Å². The van der Waals surface area contributed by atoms with E-state index in [2.05, 4.69) is 0 Å². The Labute approximate surface area is 66.3 Å². The predicted octanol–water partition coefficient (Wildman–Crippen LogP) is -0.542. The lowest BCUT2D eigenvalue weighted by Crippen LogP contribution is -2.40. The minimum Gasteiger partial charge on any atom is -0.395 e. The van der Waals surface area contributed by atoms with Gasteiger partial charge in [0.15, 0.2) is 5.79 Å². The number of hydrogen-bond donors (Lipinski definition) is 2. The highest BCUT2D eigenvalue weighted by molar-refractivity contribution is 4.79. The zero-order chi connectivity index (χ0) is 8.48. The Balaban J connectivity index is 2.41. The van der Waals surface area contributed by atoms with Gasteiger partial charge in [-0.1, -0.05) is 0 Å². The van der Waals surface area contributed by atoms with Crippen LogP contribution in [-0.4, -0.2) is 36.3 Å². The number of nitrogens with two attached hydrogens (primary N) is 1. The topological polar surface area (TPSA) is 64.7 Å². The van der Waals surface area contributed by atoms with Crippen molar-refractivity contribution in [3.63, 3.8) is 0 Å². The fraction of sp³-hybridized carbons (Fsp3) is 1.00. The van der Waals surface area contributed by atoms with E-state index in [0.29, 0.717) is 6.61 Å². The van der Waals surface area contributed by atoms with E-state index in [1.807, 2.05) is 13.8 Å². The Morgan fingerprint density at radius 3 is 2.73 bits per heavy atom. The molecule has 1 saturated heterocycles. The van der Waals surface area contributed by atoms with E-state index in [1.54, 1.807) is 0 Å². The zero-order valence-electron chi connectivity index (χ0n) is 6.91. The van der Waals surface area contributed by atoms with Gasteiger partial charge in [-0.3, -0.25) is 0 Å². The molecule has 1 unspecified atom stereocenters. The highest BCUT2D eigenvalue weighted by Gasteiger charge is 2.35. The molecule has 4 nitrogen and oxygen atoms in total. The predicted molar refractivity (Wildman–Crippen MR) is 40.0 cm³/mol. The van der Waals surface area contributed by atoms with Gasteiger partial charge in [0.2, 0.25) is 0 Å². The third-order valence-corrected chi connectivity index (χ3v) is 1.72. The van der Waals surface area contributed by atoms with Gasteiger partial charge >= 0.3 is 0 Å². The first kappa shape index (κ1) is 8.93. The molecule has 1 heterocycles. The molecule has 0 bridgehead atoms. The van der Waals surface area contributed by atoms with Crippen molar-refractivity contribution in [2.75, 3.05) is 13.2 Å². The first-order valence-corrected chi connectivity index (χ1v) is 3.73. The van der Waals surface area contributed by atoms with Crippen LogP contribution in [0.15, 0.2) is 0 Å². The molecule has 0 aromatic rings. The molecule has 0 spiro atoms. The second-order valence-corrected chi connectivity index (χ2v) is 3.21. The van der Waals surface area contributed by atoms with E-state index in [4.69, 9.17) is 20.3 Å². The van der Waals surface area contributed by atoms with Crippen LogP contribution in [0.4, 0.5) is 0 Å². The van der Waals surface area contributed by atoms with E-state index < -0.39 is 5.79 Å². The standard InChI is InChI=1S/C7H15NO3/c1-7(2)10-4-6(11-7)5(8)3-9/h5-6,9H,3-4,8H2,1-2H3/t5?,6-/m0/s1. The molecule has 66 valence electrons. The van der Waals surface area contributed by atoms with Gasteiger partial charge in [0.1, 0.15) is 6.10 Å². The molecule has 0 aliphatic carbocycles. The molecule has 2 atom stereocenters. The molecule has 1 aliphatic rings. The molecular formula is C7H15NO3. The lowest BCUT2D eigenvalue weighted by Gasteiger charge is -2.19. The van der Waals surface area contributed by atoms with Crippen molar-refractivity contribution in [1.82, 2.24) is 0 Å². The summed E-state index contributed by atoms with van der Waals surface area (Å²) < 4.78 is 10.7. The monoisotopic (exact) mass is 161 g/mol. The highest BCUT2D eigenvalue weighted by Crippen LogP contribution is 2.23. The van der Waals surface area contributed by atoms with Crippen LogP contribution in [0.3, 0.4) is 0 Å². The maximum absolute atomic E-state index is 8.70. The number of ether oxygens (including phenoxy) is 2. The van der Waals surface area contributed by atoms with Crippen molar-refractivity contribution in [3.8, 4) is 0 Å². The van der Waals surface area contributed by atoms with E-state index >= 15 is 0 Å². The van der Waals surface area contributed by atoms with Gasteiger partial charge in [-0.05, 0) is 13.8 Å². The summed E-state index contributed by atoms with van der Waals surface area (Å²) in [5, 5.41) is 8.70. The third kappa shape index (κ3) is 2.13. The van der Waals surface area contributed by atoms with Gasteiger partial charge < -0.3 is 20.3 Å². The lowest BCUT2D eigenvalue weighted by molar-refractivity contribution is -0.141. The Kier molecular flexibility index (Phi) is 2.49. The summed E-state index contributed by atoms with van der Waals surface area (Å²) in [6.07, 6.45) is -0.171. The zero-order valence-corrected chi connectivity index (χ0v) is 6.91. The van der Waals surface area contributed by atoms with Crippen molar-refractivity contribution in [1.29, 1.82) is 0 Å². The van der Waals surface area contributed by atoms with Crippen LogP contribution in [0, 0.1) is 0 Å². The number of hydrogen-bond acceptors (Lipinski definition) is 4. The first-order chi connectivity index (χ1) is 5.05. The third-order valence-electron chi connectivity index (χ3n) is 1.72. The summed E-state index contributed by atoms with van der Waals surface area (Å²) in [4.78, 5) is 0. The highest BCUT2D eigenvalue weighted by atomic mass is 16.7. The van der Waals surface area contributed by atoms with Gasteiger partial charge in [-0.25, -0.2) is 0 Å². The molecule has 3 N–H and O–H groups in total. The van der Waals surface area contributed by atoms with E-state index in [1.165, 1.54) is 0 Å². The normalized spacial score (nSPS) is 32.2.